The number of hydrogen-bond acceptors (Lipinski definition) is 1. The highest BCUT2D eigenvalue weighted by molar-refractivity contribution is 9.10. The molecule has 0 fully saturated rings. The predicted octanol–water partition coefficient (Wildman–Crippen LogP) is 6.03. The topological polar surface area (TPSA) is 41.8 Å². The number of aromatic amines is 1. The Morgan fingerprint density at radius 2 is 1.72 bits per heavy atom. The highest BCUT2D eigenvalue weighted by atomic mass is 79.9. The Balaban J connectivity index is 1.89. The summed E-state index contributed by atoms with van der Waals surface area (Å²) in [4.78, 5) is 3.66. The lowest BCUT2D eigenvalue weighted by Gasteiger charge is -2.07. The number of aryl methyl sites for hydroxylation is 1. The summed E-state index contributed by atoms with van der Waals surface area (Å²) in [5.41, 5.74) is 10.7. The van der Waals surface area contributed by atoms with E-state index in [1.165, 1.54) is 38.5 Å². The molecule has 2 nitrogen and oxygen atoms in total. The second-order valence-corrected chi connectivity index (χ2v) is 7.30. The van der Waals surface area contributed by atoms with Crippen LogP contribution in [0.4, 0.5) is 0 Å². The molecule has 4 aromatic rings. The maximum Gasteiger partial charge on any atom is 0.0606 e. The zero-order valence-corrected chi connectivity index (χ0v) is 15.6. The van der Waals surface area contributed by atoms with E-state index < -0.39 is 0 Å². The zero-order valence-electron chi connectivity index (χ0n) is 14.1. The molecule has 25 heavy (non-hydrogen) atoms. The first-order chi connectivity index (χ1) is 12.3. The van der Waals surface area contributed by atoms with Crippen molar-refractivity contribution < 1.29 is 0 Å². The number of unbranched alkanes of at least 4 members (excludes halogenated alkanes) is 1. The Morgan fingerprint density at radius 3 is 2.56 bits per heavy atom. The van der Waals surface area contributed by atoms with Crippen LogP contribution >= 0.6 is 15.9 Å². The van der Waals surface area contributed by atoms with Crippen molar-refractivity contribution in [2.45, 2.75) is 19.3 Å². The van der Waals surface area contributed by atoms with Gasteiger partial charge in [-0.1, -0.05) is 48.5 Å². The first kappa shape index (κ1) is 16.4. The Bertz CT molecular complexity index is 1030. The van der Waals surface area contributed by atoms with Gasteiger partial charge in [-0.3, -0.25) is 0 Å². The number of halogens is 1. The van der Waals surface area contributed by atoms with Gasteiger partial charge in [0.2, 0.25) is 0 Å². The molecule has 3 N–H and O–H groups in total. The molecule has 3 aromatic carbocycles. The fraction of sp³-hybridized carbons (Fsp3) is 0.182. The number of H-pyrrole nitrogens is 1. The minimum Gasteiger partial charge on any atom is -0.353 e. The molecule has 0 aliphatic carbocycles. The first-order valence-electron chi connectivity index (χ1n) is 8.76. The fourth-order valence-corrected chi connectivity index (χ4v) is 4.00. The minimum atomic E-state index is 0.747. The largest absolute Gasteiger partial charge is 0.353 e. The highest BCUT2D eigenvalue weighted by Gasteiger charge is 2.14. The van der Waals surface area contributed by atoms with Gasteiger partial charge in [0.15, 0.2) is 0 Å². The number of fused-ring (bicyclic) bond motifs is 2. The van der Waals surface area contributed by atoms with Crippen LogP contribution in [0.1, 0.15) is 18.4 Å². The van der Waals surface area contributed by atoms with Gasteiger partial charge in [0, 0.05) is 15.6 Å². The maximum atomic E-state index is 5.70. The van der Waals surface area contributed by atoms with E-state index in [1.807, 2.05) is 0 Å². The van der Waals surface area contributed by atoms with Gasteiger partial charge < -0.3 is 10.7 Å². The number of aromatic nitrogens is 1. The molecule has 0 amide bonds. The monoisotopic (exact) mass is 392 g/mol. The van der Waals surface area contributed by atoms with Crippen LogP contribution in [0.3, 0.4) is 0 Å². The predicted molar refractivity (Wildman–Crippen MR) is 111 cm³/mol. The lowest BCUT2D eigenvalue weighted by molar-refractivity contribution is 0.748. The number of benzene rings is 3. The molecule has 1 heterocycles. The molecule has 3 heteroatoms. The summed E-state index contributed by atoms with van der Waals surface area (Å²) in [6.07, 6.45) is 3.20. The summed E-state index contributed by atoms with van der Waals surface area (Å²) < 4.78 is 1.11. The van der Waals surface area contributed by atoms with Gasteiger partial charge in [-0.25, -0.2) is 0 Å². The van der Waals surface area contributed by atoms with Crippen LogP contribution in [-0.2, 0) is 6.42 Å². The number of rotatable bonds is 5. The Kier molecular flexibility index (Phi) is 4.60. The van der Waals surface area contributed by atoms with E-state index in [9.17, 15) is 0 Å². The van der Waals surface area contributed by atoms with Crippen LogP contribution in [0.2, 0.25) is 0 Å². The molecule has 0 unspecified atom stereocenters. The third-order valence-electron chi connectivity index (χ3n) is 4.81. The van der Waals surface area contributed by atoms with E-state index in [2.05, 4.69) is 81.6 Å². The van der Waals surface area contributed by atoms with Crippen molar-refractivity contribution >= 4 is 37.6 Å². The average Bonchev–Trinajstić information content (AvgIpc) is 3.02. The van der Waals surface area contributed by atoms with Crippen molar-refractivity contribution in [3.8, 4) is 11.3 Å². The van der Waals surface area contributed by atoms with Gasteiger partial charge in [0.25, 0.3) is 0 Å². The van der Waals surface area contributed by atoms with Crippen LogP contribution in [0, 0.1) is 0 Å². The second kappa shape index (κ2) is 7.03. The minimum absolute atomic E-state index is 0.747. The molecule has 0 atom stereocenters. The molecule has 1 aromatic heterocycles. The lowest BCUT2D eigenvalue weighted by atomic mass is 9.98. The van der Waals surface area contributed by atoms with Crippen molar-refractivity contribution in [1.29, 1.82) is 0 Å². The zero-order chi connectivity index (χ0) is 17.2. The molecule has 0 bridgehead atoms. The molecule has 4 rings (SSSR count). The van der Waals surface area contributed by atoms with Crippen LogP contribution in [0.25, 0.3) is 32.9 Å². The third kappa shape index (κ3) is 3.10. The normalized spacial score (nSPS) is 11.4. The number of nitrogens with two attached hydrogens (primary N) is 1. The van der Waals surface area contributed by atoms with Gasteiger partial charge in [0.05, 0.1) is 5.52 Å². The van der Waals surface area contributed by atoms with Crippen molar-refractivity contribution in [3.05, 3.63) is 70.7 Å². The standard InChI is InChI=1S/C22H21BrN2/c23-20-10-5-9-19-18(8-3-4-13-24)21(25-22(19)20)17-12-11-15-6-1-2-7-16(15)14-17/h1-2,5-7,9-12,14,25H,3-4,8,13,24H2. The van der Waals surface area contributed by atoms with E-state index in [1.54, 1.807) is 0 Å². The second-order valence-electron chi connectivity index (χ2n) is 6.45. The summed E-state index contributed by atoms with van der Waals surface area (Å²) in [7, 11) is 0. The molecular formula is C22H21BrN2. The third-order valence-corrected chi connectivity index (χ3v) is 5.47. The molecule has 0 aliphatic rings. The van der Waals surface area contributed by atoms with Crippen LogP contribution in [-0.4, -0.2) is 11.5 Å². The highest BCUT2D eigenvalue weighted by Crippen LogP contribution is 2.35. The van der Waals surface area contributed by atoms with Gasteiger partial charge in [-0.05, 0) is 75.8 Å². The average molecular weight is 393 g/mol. The fourth-order valence-electron chi connectivity index (χ4n) is 3.53. The quantitative estimate of drug-likeness (QED) is 0.399. The summed E-state index contributed by atoms with van der Waals surface area (Å²) in [6.45, 7) is 0.747. The lowest BCUT2D eigenvalue weighted by Crippen LogP contribution is -1.99. The Hall–Kier alpha value is -2.10. The van der Waals surface area contributed by atoms with Crippen molar-refractivity contribution in [1.82, 2.24) is 4.98 Å². The summed E-state index contributed by atoms with van der Waals surface area (Å²) in [5, 5.41) is 3.84. The number of nitrogens with one attached hydrogen (secondary N) is 1. The van der Waals surface area contributed by atoms with Gasteiger partial charge in [-0.2, -0.15) is 0 Å². The molecule has 0 saturated carbocycles. The number of hydrogen-bond donors (Lipinski definition) is 2. The molecule has 0 aliphatic heterocycles. The molecule has 0 saturated heterocycles. The molecule has 0 spiro atoms. The Morgan fingerprint density at radius 1 is 0.880 bits per heavy atom. The van der Waals surface area contributed by atoms with Crippen molar-refractivity contribution in [2.75, 3.05) is 6.54 Å². The first-order valence-corrected chi connectivity index (χ1v) is 9.55. The summed E-state index contributed by atoms with van der Waals surface area (Å²) >= 11 is 3.69. The van der Waals surface area contributed by atoms with Crippen LogP contribution < -0.4 is 5.73 Å². The van der Waals surface area contributed by atoms with Crippen molar-refractivity contribution in [2.24, 2.45) is 5.73 Å². The Labute approximate surface area is 156 Å². The van der Waals surface area contributed by atoms with E-state index in [-0.39, 0.29) is 0 Å². The van der Waals surface area contributed by atoms with Gasteiger partial charge >= 0.3 is 0 Å². The van der Waals surface area contributed by atoms with E-state index >= 15 is 0 Å². The summed E-state index contributed by atoms with van der Waals surface area (Å²) in [6, 6.07) is 21.6. The summed E-state index contributed by atoms with van der Waals surface area (Å²) in [5.74, 6) is 0. The van der Waals surface area contributed by atoms with Crippen molar-refractivity contribution in [3.63, 3.8) is 0 Å². The van der Waals surface area contributed by atoms with E-state index in [0.29, 0.717) is 0 Å². The van der Waals surface area contributed by atoms with Gasteiger partial charge in [0.1, 0.15) is 0 Å². The van der Waals surface area contributed by atoms with Crippen LogP contribution in [0.5, 0.6) is 0 Å². The maximum absolute atomic E-state index is 5.70. The smallest absolute Gasteiger partial charge is 0.0606 e. The van der Waals surface area contributed by atoms with Gasteiger partial charge in [-0.15, -0.1) is 0 Å². The molecule has 126 valence electrons. The number of para-hydroxylation sites is 1. The molecular weight excluding hydrogens is 372 g/mol. The molecule has 0 radical (unpaired) electrons. The van der Waals surface area contributed by atoms with E-state index in [0.717, 1.165) is 30.3 Å². The van der Waals surface area contributed by atoms with E-state index in [4.69, 9.17) is 5.73 Å². The SMILES string of the molecule is NCCCCc1c(-c2ccc3ccccc3c2)[nH]c2c(Br)cccc12. The van der Waals surface area contributed by atoms with Crippen LogP contribution in [0.15, 0.2) is 65.1 Å².